The molecule has 1 aromatic carbocycles. The zero-order chi connectivity index (χ0) is 10.6. The van der Waals surface area contributed by atoms with Crippen LogP contribution in [0.2, 0.25) is 0 Å². The van der Waals surface area contributed by atoms with E-state index in [1.807, 2.05) is 13.0 Å². The molecule has 0 aliphatic carbocycles. The van der Waals surface area contributed by atoms with Crippen molar-refractivity contribution in [2.75, 3.05) is 20.9 Å². The molecule has 2 nitrogen and oxygen atoms in total. The van der Waals surface area contributed by atoms with E-state index in [0.29, 0.717) is 5.75 Å². The lowest BCUT2D eigenvalue weighted by Crippen LogP contribution is -2.00. The van der Waals surface area contributed by atoms with Gasteiger partial charge in [0.2, 0.25) is 0 Å². The second-order valence-corrected chi connectivity index (χ2v) is 3.16. The van der Waals surface area contributed by atoms with Crippen LogP contribution >= 0.6 is 0 Å². The van der Waals surface area contributed by atoms with Crippen LogP contribution in [0.5, 0.6) is 11.5 Å². The number of benzene rings is 1. The molecular formula is C11H15FO2. The fourth-order valence-electron chi connectivity index (χ4n) is 1.31. The summed E-state index contributed by atoms with van der Waals surface area (Å²) in [6, 6.07) is 5.40. The van der Waals surface area contributed by atoms with Crippen LogP contribution in [0.1, 0.15) is 18.4 Å². The average Bonchev–Trinajstić information content (AvgIpc) is 2.27. The minimum Gasteiger partial charge on any atom is -0.497 e. The first-order valence-electron chi connectivity index (χ1n) is 4.50. The van der Waals surface area contributed by atoms with E-state index in [0.717, 1.165) is 11.3 Å². The predicted molar refractivity (Wildman–Crippen MR) is 53.9 cm³/mol. The van der Waals surface area contributed by atoms with Gasteiger partial charge in [-0.3, -0.25) is 4.39 Å². The Morgan fingerprint density at radius 3 is 2.50 bits per heavy atom. The highest BCUT2D eigenvalue weighted by atomic mass is 19.1. The van der Waals surface area contributed by atoms with Gasteiger partial charge in [-0.25, -0.2) is 0 Å². The standard InChI is InChI=1S/C11H15FO2/c1-8(7-12)10-6-9(13-2)4-5-11(10)14-3/h4-6,8H,7H2,1-3H3. The fourth-order valence-corrected chi connectivity index (χ4v) is 1.31. The molecule has 1 unspecified atom stereocenters. The highest BCUT2D eigenvalue weighted by molar-refractivity contribution is 5.42. The van der Waals surface area contributed by atoms with Gasteiger partial charge >= 0.3 is 0 Å². The van der Waals surface area contributed by atoms with Crippen LogP contribution in [-0.2, 0) is 0 Å². The molecular weight excluding hydrogens is 183 g/mol. The number of hydrogen-bond donors (Lipinski definition) is 0. The molecule has 0 radical (unpaired) electrons. The molecule has 1 atom stereocenters. The van der Waals surface area contributed by atoms with E-state index in [2.05, 4.69) is 0 Å². The summed E-state index contributed by atoms with van der Waals surface area (Å²) in [6.45, 7) is 1.42. The van der Waals surface area contributed by atoms with Crippen molar-refractivity contribution in [2.45, 2.75) is 12.8 Å². The van der Waals surface area contributed by atoms with Gasteiger partial charge in [0.05, 0.1) is 20.9 Å². The van der Waals surface area contributed by atoms with E-state index in [9.17, 15) is 4.39 Å². The Morgan fingerprint density at radius 1 is 1.29 bits per heavy atom. The topological polar surface area (TPSA) is 18.5 Å². The summed E-state index contributed by atoms with van der Waals surface area (Å²) < 4.78 is 22.7. The van der Waals surface area contributed by atoms with Crippen LogP contribution in [0.4, 0.5) is 4.39 Å². The third kappa shape index (κ3) is 2.16. The molecule has 3 heteroatoms. The summed E-state index contributed by atoms with van der Waals surface area (Å²) in [6.07, 6.45) is 0. The zero-order valence-electron chi connectivity index (χ0n) is 8.71. The number of halogens is 1. The van der Waals surface area contributed by atoms with Crippen LogP contribution in [0.15, 0.2) is 18.2 Å². The van der Waals surface area contributed by atoms with Gasteiger partial charge in [0.1, 0.15) is 11.5 Å². The van der Waals surface area contributed by atoms with Crippen molar-refractivity contribution in [1.82, 2.24) is 0 Å². The molecule has 0 N–H and O–H groups in total. The van der Waals surface area contributed by atoms with Gasteiger partial charge < -0.3 is 9.47 Å². The number of hydrogen-bond acceptors (Lipinski definition) is 2. The molecule has 1 rings (SSSR count). The minimum atomic E-state index is -0.399. The third-order valence-electron chi connectivity index (χ3n) is 2.20. The number of rotatable bonds is 4. The molecule has 0 spiro atoms. The van der Waals surface area contributed by atoms with Crippen LogP contribution in [0.3, 0.4) is 0 Å². The molecule has 1 aromatic rings. The molecule has 0 heterocycles. The summed E-state index contributed by atoms with van der Waals surface area (Å²) in [4.78, 5) is 0. The van der Waals surface area contributed by atoms with Gasteiger partial charge in [-0.05, 0) is 18.2 Å². The Hall–Kier alpha value is -1.25. The molecule has 0 bridgehead atoms. The minimum absolute atomic E-state index is 0.167. The van der Waals surface area contributed by atoms with Crippen molar-refractivity contribution in [3.63, 3.8) is 0 Å². The lowest BCUT2D eigenvalue weighted by atomic mass is 10.0. The van der Waals surface area contributed by atoms with Gasteiger partial charge in [0.25, 0.3) is 0 Å². The molecule has 0 saturated heterocycles. The Bertz CT molecular complexity index is 299. The van der Waals surface area contributed by atoms with E-state index >= 15 is 0 Å². The molecule has 0 saturated carbocycles. The number of methoxy groups -OCH3 is 2. The maximum atomic E-state index is 12.5. The summed E-state index contributed by atoms with van der Waals surface area (Å²) in [5.74, 6) is 1.26. The van der Waals surface area contributed by atoms with Crippen LogP contribution in [0, 0.1) is 0 Å². The van der Waals surface area contributed by atoms with E-state index in [-0.39, 0.29) is 5.92 Å². The highest BCUT2D eigenvalue weighted by Crippen LogP contribution is 2.30. The quantitative estimate of drug-likeness (QED) is 0.740. The Morgan fingerprint density at radius 2 is 2.00 bits per heavy atom. The molecule has 0 amide bonds. The summed E-state index contributed by atoms with van der Waals surface area (Å²) in [5.41, 5.74) is 0.842. The van der Waals surface area contributed by atoms with E-state index in [4.69, 9.17) is 9.47 Å². The molecule has 0 aliphatic heterocycles. The van der Waals surface area contributed by atoms with Crippen LogP contribution < -0.4 is 9.47 Å². The van der Waals surface area contributed by atoms with Gasteiger partial charge in [-0.2, -0.15) is 0 Å². The third-order valence-corrected chi connectivity index (χ3v) is 2.20. The second kappa shape index (κ2) is 4.84. The molecule has 0 aliphatic rings. The number of alkyl halides is 1. The van der Waals surface area contributed by atoms with Gasteiger partial charge in [0, 0.05) is 11.5 Å². The SMILES string of the molecule is COc1ccc(OC)c(C(C)CF)c1. The van der Waals surface area contributed by atoms with Gasteiger partial charge in [0.15, 0.2) is 0 Å². The van der Waals surface area contributed by atoms with Gasteiger partial charge in [-0.15, -0.1) is 0 Å². The normalized spacial score (nSPS) is 12.3. The lowest BCUT2D eigenvalue weighted by Gasteiger charge is -2.13. The number of ether oxygens (including phenoxy) is 2. The first-order valence-corrected chi connectivity index (χ1v) is 4.50. The lowest BCUT2D eigenvalue weighted by molar-refractivity contribution is 0.385. The Kier molecular flexibility index (Phi) is 3.74. The smallest absolute Gasteiger partial charge is 0.122 e. The average molecular weight is 198 g/mol. The van der Waals surface area contributed by atoms with Crippen molar-refractivity contribution in [1.29, 1.82) is 0 Å². The fraction of sp³-hybridized carbons (Fsp3) is 0.455. The molecule has 78 valence electrons. The Labute approximate surface area is 83.6 Å². The largest absolute Gasteiger partial charge is 0.497 e. The highest BCUT2D eigenvalue weighted by Gasteiger charge is 2.12. The maximum Gasteiger partial charge on any atom is 0.122 e. The summed E-state index contributed by atoms with van der Waals surface area (Å²) in [5, 5.41) is 0. The summed E-state index contributed by atoms with van der Waals surface area (Å²) in [7, 11) is 3.17. The summed E-state index contributed by atoms with van der Waals surface area (Å²) >= 11 is 0. The van der Waals surface area contributed by atoms with E-state index < -0.39 is 6.67 Å². The van der Waals surface area contributed by atoms with Crippen molar-refractivity contribution in [3.05, 3.63) is 23.8 Å². The monoisotopic (exact) mass is 198 g/mol. The van der Waals surface area contributed by atoms with Crippen LogP contribution in [-0.4, -0.2) is 20.9 Å². The molecule has 14 heavy (non-hydrogen) atoms. The van der Waals surface area contributed by atoms with Crippen molar-refractivity contribution in [3.8, 4) is 11.5 Å². The van der Waals surface area contributed by atoms with Crippen molar-refractivity contribution < 1.29 is 13.9 Å². The van der Waals surface area contributed by atoms with E-state index in [1.165, 1.54) is 0 Å². The molecule has 0 fully saturated rings. The van der Waals surface area contributed by atoms with Crippen molar-refractivity contribution >= 4 is 0 Å². The van der Waals surface area contributed by atoms with Gasteiger partial charge in [-0.1, -0.05) is 6.92 Å². The first kappa shape index (κ1) is 10.8. The van der Waals surface area contributed by atoms with Crippen LogP contribution in [0.25, 0.3) is 0 Å². The second-order valence-electron chi connectivity index (χ2n) is 3.16. The maximum absolute atomic E-state index is 12.5. The van der Waals surface area contributed by atoms with E-state index in [1.54, 1.807) is 26.4 Å². The zero-order valence-corrected chi connectivity index (χ0v) is 8.71. The van der Waals surface area contributed by atoms with Crippen molar-refractivity contribution in [2.24, 2.45) is 0 Å². The Balaban J connectivity index is 3.08. The predicted octanol–water partition coefficient (Wildman–Crippen LogP) is 2.78. The first-order chi connectivity index (χ1) is 6.72. The molecule has 0 aromatic heterocycles.